The lowest BCUT2D eigenvalue weighted by Gasteiger charge is -2.12. The minimum absolute atomic E-state index is 0.0359. The van der Waals surface area contributed by atoms with Gasteiger partial charge in [0.05, 0.1) is 4.47 Å². The average Bonchev–Trinajstić information content (AvgIpc) is 2.79. The number of aliphatic hydroxyl groups excluding tert-OH is 1. The van der Waals surface area contributed by atoms with Crippen LogP contribution in [-0.4, -0.2) is 5.11 Å². The molecule has 0 aliphatic heterocycles. The molecule has 1 atom stereocenters. The van der Waals surface area contributed by atoms with Gasteiger partial charge in [-0.15, -0.1) is 0 Å². The molecule has 0 saturated heterocycles. The van der Waals surface area contributed by atoms with Crippen molar-refractivity contribution in [1.82, 2.24) is 0 Å². The van der Waals surface area contributed by atoms with Crippen LogP contribution in [0.15, 0.2) is 33.4 Å². The number of thiophene rings is 1. The summed E-state index contributed by atoms with van der Waals surface area (Å²) in [5.74, 6) is -1.92. The Bertz CT molecular complexity index is 499. The molecule has 5 heteroatoms. The third kappa shape index (κ3) is 2.03. The summed E-state index contributed by atoms with van der Waals surface area (Å²) in [5.41, 5.74) is 0.981. The maximum atomic E-state index is 13.3. The normalized spacial score (nSPS) is 12.8. The zero-order valence-corrected chi connectivity index (χ0v) is 10.4. The Labute approximate surface area is 103 Å². The zero-order chi connectivity index (χ0) is 11.7. The minimum Gasteiger partial charge on any atom is -0.384 e. The van der Waals surface area contributed by atoms with Crippen molar-refractivity contribution in [3.8, 4) is 0 Å². The van der Waals surface area contributed by atoms with Gasteiger partial charge in [-0.25, -0.2) is 8.78 Å². The highest BCUT2D eigenvalue weighted by atomic mass is 79.9. The van der Waals surface area contributed by atoms with E-state index in [1.165, 1.54) is 17.4 Å². The van der Waals surface area contributed by atoms with Crippen molar-refractivity contribution in [2.24, 2.45) is 0 Å². The third-order valence-electron chi connectivity index (χ3n) is 2.22. The molecule has 1 nitrogen and oxygen atoms in total. The number of hydrogen-bond donors (Lipinski definition) is 1. The van der Waals surface area contributed by atoms with Crippen LogP contribution in [-0.2, 0) is 0 Å². The van der Waals surface area contributed by atoms with E-state index in [4.69, 9.17) is 0 Å². The van der Waals surface area contributed by atoms with E-state index in [0.29, 0.717) is 11.1 Å². The molecule has 0 radical (unpaired) electrons. The molecule has 2 rings (SSSR count). The average molecular weight is 305 g/mol. The molecule has 1 unspecified atom stereocenters. The molecule has 0 aliphatic rings. The Morgan fingerprint density at radius 2 is 2.00 bits per heavy atom. The molecule has 0 bridgehead atoms. The number of aliphatic hydroxyl groups is 1. The second kappa shape index (κ2) is 4.61. The molecule has 2 aromatic rings. The molecule has 1 aromatic heterocycles. The Morgan fingerprint density at radius 3 is 2.62 bits per heavy atom. The summed E-state index contributed by atoms with van der Waals surface area (Å²) in [6, 6.07) is 4.11. The first-order valence-electron chi connectivity index (χ1n) is 4.45. The number of rotatable bonds is 2. The maximum absolute atomic E-state index is 13.3. The van der Waals surface area contributed by atoms with Crippen molar-refractivity contribution in [2.75, 3.05) is 0 Å². The predicted octanol–water partition coefficient (Wildman–Crippen LogP) is 3.87. The van der Waals surface area contributed by atoms with E-state index in [9.17, 15) is 13.9 Å². The van der Waals surface area contributed by atoms with Crippen molar-refractivity contribution in [2.45, 2.75) is 6.10 Å². The predicted molar refractivity (Wildman–Crippen MR) is 62.4 cm³/mol. The van der Waals surface area contributed by atoms with Crippen LogP contribution in [0, 0.1) is 11.6 Å². The van der Waals surface area contributed by atoms with E-state index < -0.39 is 17.7 Å². The van der Waals surface area contributed by atoms with Gasteiger partial charge < -0.3 is 5.11 Å². The van der Waals surface area contributed by atoms with Gasteiger partial charge in [0.25, 0.3) is 0 Å². The second-order valence-electron chi connectivity index (χ2n) is 3.22. The molecule has 0 spiro atoms. The van der Waals surface area contributed by atoms with E-state index in [0.717, 1.165) is 6.07 Å². The smallest absolute Gasteiger partial charge is 0.173 e. The molecular formula is C11H7BrF2OS. The Hall–Kier alpha value is -0.780. The van der Waals surface area contributed by atoms with Crippen molar-refractivity contribution >= 4 is 27.3 Å². The van der Waals surface area contributed by atoms with E-state index in [-0.39, 0.29) is 4.47 Å². The molecule has 0 aliphatic carbocycles. The number of halogens is 3. The number of benzene rings is 1. The summed E-state index contributed by atoms with van der Waals surface area (Å²) in [5, 5.41) is 13.5. The minimum atomic E-state index is -0.980. The van der Waals surface area contributed by atoms with E-state index in [1.807, 2.05) is 5.38 Å². The SMILES string of the molecule is OC(c1ccsc1)c1ccc(F)c(F)c1Br. The topological polar surface area (TPSA) is 20.2 Å². The fraction of sp³-hybridized carbons (Fsp3) is 0.0909. The van der Waals surface area contributed by atoms with Gasteiger partial charge >= 0.3 is 0 Å². The first-order chi connectivity index (χ1) is 7.61. The van der Waals surface area contributed by atoms with E-state index in [2.05, 4.69) is 15.9 Å². The summed E-state index contributed by atoms with van der Waals surface area (Å²) in [6.07, 6.45) is -0.948. The number of hydrogen-bond acceptors (Lipinski definition) is 2. The lowest BCUT2D eigenvalue weighted by Crippen LogP contribution is -2.01. The van der Waals surface area contributed by atoms with Crippen LogP contribution >= 0.6 is 27.3 Å². The van der Waals surface area contributed by atoms with E-state index >= 15 is 0 Å². The lowest BCUT2D eigenvalue weighted by atomic mass is 10.0. The van der Waals surface area contributed by atoms with Crippen molar-refractivity contribution in [3.05, 3.63) is 56.2 Å². The van der Waals surface area contributed by atoms with Gasteiger partial charge in [0, 0.05) is 5.56 Å². The Morgan fingerprint density at radius 1 is 1.25 bits per heavy atom. The molecule has 1 aromatic carbocycles. The van der Waals surface area contributed by atoms with Gasteiger partial charge in [-0.2, -0.15) is 11.3 Å². The van der Waals surface area contributed by atoms with Crippen LogP contribution in [0.3, 0.4) is 0 Å². The van der Waals surface area contributed by atoms with Gasteiger partial charge in [-0.05, 0) is 44.4 Å². The standard InChI is InChI=1S/C11H7BrF2OS/c12-9-7(1-2-8(13)10(9)14)11(15)6-3-4-16-5-6/h1-5,11,15H. The summed E-state index contributed by atoms with van der Waals surface area (Å²) in [7, 11) is 0. The quantitative estimate of drug-likeness (QED) is 0.835. The monoisotopic (exact) mass is 304 g/mol. The lowest BCUT2D eigenvalue weighted by molar-refractivity contribution is 0.219. The highest BCUT2D eigenvalue weighted by molar-refractivity contribution is 9.10. The van der Waals surface area contributed by atoms with Gasteiger partial charge in [0.1, 0.15) is 6.10 Å². The first kappa shape index (κ1) is 11.7. The third-order valence-corrected chi connectivity index (χ3v) is 3.73. The van der Waals surface area contributed by atoms with Crippen LogP contribution in [0.2, 0.25) is 0 Å². The van der Waals surface area contributed by atoms with Crippen LogP contribution in [0.4, 0.5) is 8.78 Å². The fourth-order valence-electron chi connectivity index (χ4n) is 1.36. The summed E-state index contributed by atoms with van der Waals surface area (Å²) >= 11 is 4.38. The Balaban J connectivity index is 2.45. The summed E-state index contributed by atoms with van der Waals surface area (Å²) in [6.45, 7) is 0. The molecule has 84 valence electrons. The maximum Gasteiger partial charge on any atom is 0.173 e. The summed E-state index contributed by atoms with van der Waals surface area (Å²) < 4.78 is 26.1. The van der Waals surface area contributed by atoms with Crippen LogP contribution < -0.4 is 0 Å². The van der Waals surface area contributed by atoms with Crippen LogP contribution in [0.25, 0.3) is 0 Å². The molecule has 0 amide bonds. The van der Waals surface area contributed by atoms with Crippen molar-refractivity contribution in [3.63, 3.8) is 0 Å². The highest BCUT2D eigenvalue weighted by Gasteiger charge is 2.18. The highest BCUT2D eigenvalue weighted by Crippen LogP contribution is 2.32. The Kier molecular flexibility index (Phi) is 3.37. The molecule has 1 N–H and O–H groups in total. The van der Waals surface area contributed by atoms with E-state index in [1.54, 1.807) is 11.4 Å². The molecular weight excluding hydrogens is 298 g/mol. The van der Waals surface area contributed by atoms with Crippen LogP contribution in [0.5, 0.6) is 0 Å². The fourth-order valence-corrected chi connectivity index (χ4v) is 2.58. The van der Waals surface area contributed by atoms with Crippen LogP contribution in [0.1, 0.15) is 17.2 Å². The summed E-state index contributed by atoms with van der Waals surface area (Å²) in [4.78, 5) is 0. The van der Waals surface area contributed by atoms with Gasteiger partial charge in [0.2, 0.25) is 0 Å². The second-order valence-corrected chi connectivity index (χ2v) is 4.80. The van der Waals surface area contributed by atoms with Crippen molar-refractivity contribution in [1.29, 1.82) is 0 Å². The van der Waals surface area contributed by atoms with Gasteiger partial charge in [-0.1, -0.05) is 6.07 Å². The first-order valence-corrected chi connectivity index (χ1v) is 6.18. The molecule has 16 heavy (non-hydrogen) atoms. The zero-order valence-electron chi connectivity index (χ0n) is 7.95. The molecule has 0 saturated carbocycles. The molecule has 0 fully saturated rings. The van der Waals surface area contributed by atoms with Gasteiger partial charge in [-0.3, -0.25) is 0 Å². The van der Waals surface area contributed by atoms with Gasteiger partial charge in [0.15, 0.2) is 11.6 Å². The largest absolute Gasteiger partial charge is 0.384 e. The van der Waals surface area contributed by atoms with Crippen molar-refractivity contribution < 1.29 is 13.9 Å². The molecule has 1 heterocycles.